The van der Waals surface area contributed by atoms with E-state index in [4.69, 9.17) is 0 Å². The third-order valence-electron chi connectivity index (χ3n) is 3.48. The molecule has 0 aromatic carbocycles. The van der Waals surface area contributed by atoms with Gasteiger partial charge in [0.2, 0.25) is 5.95 Å². The van der Waals surface area contributed by atoms with E-state index in [2.05, 4.69) is 36.2 Å². The first-order valence-electron chi connectivity index (χ1n) is 7.72. The minimum absolute atomic E-state index is 0.734. The summed E-state index contributed by atoms with van der Waals surface area (Å²) in [4.78, 5) is 4.47. The van der Waals surface area contributed by atoms with Crippen molar-refractivity contribution in [3.05, 3.63) is 23.9 Å². The number of fused-ring (bicyclic) bond motifs is 1. The van der Waals surface area contributed by atoms with Crippen molar-refractivity contribution < 1.29 is 0 Å². The lowest BCUT2D eigenvalue weighted by Crippen LogP contribution is -2.03. The first kappa shape index (κ1) is 14.8. The molecule has 0 saturated heterocycles. The number of aryl methyl sites for hydroxylation is 1. The summed E-state index contributed by atoms with van der Waals surface area (Å²) in [7, 11) is 0. The van der Waals surface area contributed by atoms with E-state index in [9.17, 15) is 0 Å². The van der Waals surface area contributed by atoms with Crippen LogP contribution in [0.4, 0.5) is 5.95 Å². The fourth-order valence-corrected chi connectivity index (χ4v) is 2.29. The van der Waals surface area contributed by atoms with Crippen molar-refractivity contribution in [1.29, 1.82) is 0 Å². The topological polar surface area (TPSA) is 42.2 Å². The van der Waals surface area contributed by atoms with Crippen LogP contribution in [0.1, 0.15) is 51.5 Å². The average Bonchev–Trinajstić information content (AvgIpc) is 2.79. The molecule has 2 heterocycles. The number of pyridine rings is 1. The Morgan fingerprint density at radius 3 is 2.80 bits per heavy atom. The molecule has 0 saturated carbocycles. The van der Waals surface area contributed by atoms with Crippen molar-refractivity contribution in [2.75, 3.05) is 11.9 Å². The molecule has 0 bridgehead atoms. The zero-order chi connectivity index (χ0) is 14.4. The van der Waals surface area contributed by atoms with E-state index in [1.807, 2.05) is 22.8 Å². The number of unbranched alkanes of at least 4 members (excludes halogenated alkanes) is 3. The molecule has 0 aliphatic rings. The zero-order valence-electron chi connectivity index (χ0n) is 12.9. The van der Waals surface area contributed by atoms with Crippen molar-refractivity contribution >= 4 is 11.6 Å². The van der Waals surface area contributed by atoms with E-state index < -0.39 is 0 Å². The second-order valence-electron chi connectivity index (χ2n) is 5.97. The van der Waals surface area contributed by atoms with E-state index in [0.29, 0.717) is 0 Å². The lowest BCUT2D eigenvalue weighted by molar-refractivity contribution is 0.523. The predicted molar refractivity (Wildman–Crippen MR) is 84.1 cm³/mol. The number of hydrogen-bond acceptors (Lipinski definition) is 3. The molecule has 0 atom stereocenters. The summed E-state index contributed by atoms with van der Waals surface area (Å²) in [6.07, 6.45) is 8.45. The van der Waals surface area contributed by atoms with Crippen molar-refractivity contribution in [3.8, 4) is 0 Å². The van der Waals surface area contributed by atoms with Crippen LogP contribution in [0.2, 0.25) is 0 Å². The molecule has 4 nitrogen and oxygen atoms in total. The second kappa shape index (κ2) is 7.27. The Bertz CT molecular complexity index is 530. The van der Waals surface area contributed by atoms with Gasteiger partial charge in [0, 0.05) is 12.7 Å². The highest BCUT2D eigenvalue weighted by Crippen LogP contribution is 2.10. The van der Waals surface area contributed by atoms with Crippen LogP contribution in [-0.4, -0.2) is 21.1 Å². The first-order chi connectivity index (χ1) is 9.65. The van der Waals surface area contributed by atoms with Crippen LogP contribution < -0.4 is 5.32 Å². The second-order valence-corrected chi connectivity index (χ2v) is 5.97. The van der Waals surface area contributed by atoms with Crippen LogP contribution in [0.5, 0.6) is 0 Å². The molecule has 4 heteroatoms. The number of nitrogens with one attached hydrogen (secondary N) is 1. The van der Waals surface area contributed by atoms with E-state index in [1.165, 1.54) is 37.7 Å². The molecule has 20 heavy (non-hydrogen) atoms. The van der Waals surface area contributed by atoms with Gasteiger partial charge < -0.3 is 5.32 Å². The normalized spacial score (nSPS) is 11.4. The molecule has 0 amide bonds. The number of rotatable bonds is 8. The van der Waals surface area contributed by atoms with Gasteiger partial charge in [-0.15, -0.1) is 5.10 Å². The number of aromatic nitrogens is 3. The summed E-state index contributed by atoms with van der Waals surface area (Å²) in [5.74, 6) is 1.57. The van der Waals surface area contributed by atoms with Crippen LogP contribution in [-0.2, 0) is 0 Å². The molecular formula is C16H26N4. The van der Waals surface area contributed by atoms with Crippen molar-refractivity contribution in [1.82, 2.24) is 14.6 Å². The van der Waals surface area contributed by atoms with Gasteiger partial charge in [0.05, 0.1) is 0 Å². The van der Waals surface area contributed by atoms with Gasteiger partial charge in [0.15, 0.2) is 5.65 Å². The molecule has 0 radical (unpaired) electrons. The Morgan fingerprint density at radius 1 is 1.20 bits per heavy atom. The third-order valence-corrected chi connectivity index (χ3v) is 3.48. The highest BCUT2D eigenvalue weighted by Gasteiger charge is 2.02. The molecule has 1 N–H and O–H groups in total. The third kappa shape index (κ3) is 4.51. The highest BCUT2D eigenvalue weighted by atomic mass is 15.3. The summed E-state index contributed by atoms with van der Waals surface area (Å²) >= 11 is 0. The monoisotopic (exact) mass is 274 g/mol. The predicted octanol–water partition coefficient (Wildman–Crippen LogP) is 4.06. The van der Waals surface area contributed by atoms with Gasteiger partial charge in [0.25, 0.3) is 0 Å². The number of nitrogens with zero attached hydrogens (tertiary/aromatic N) is 3. The Balaban J connectivity index is 1.68. The maximum Gasteiger partial charge on any atom is 0.243 e. The molecule has 0 unspecified atom stereocenters. The molecular weight excluding hydrogens is 248 g/mol. The van der Waals surface area contributed by atoms with E-state index >= 15 is 0 Å². The van der Waals surface area contributed by atoms with Crippen LogP contribution in [0, 0.1) is 12.8 Å². The van der Waals surface area contributed by atoms with Gasteiger partial charge >= 0.3 is 0 Å². The quantitative estimate of drug-likeness (QED) is 0.738. The lowest BCUT2D eigenvalue weighted by Gasteiger charge is -2.04. The van der Waals surface area contributed by atoms with Gasteiger partial charge in [-0.1, -0.05) is 39.5 Å². The van der Waals surface area contributed by atoms with Gasteiger partial charge in [-0.2, -0.15) is 4.98 Å². The molecule has 2 aromatic rings. The van der Waals surface area contributed by atoms with Gasteiger partial charge in [-0.25, -0.2) is 4.52 Å². The summed E-state index contributed by atoms with van der Waals surface area (Å²) in [6.45, 7) is 7.60. The Labute approximate surface area is 121 Å². The maximum atomic E-state index is 4.47. The molecule has 0 aliphatic heterocycles. The SMILES string of the molecule is Cc1ccn2nc(NCCCCCCC(C)C)nc2c1. The summed E-state index contributed by atoms with van der Waals surface area (Å²) in [5, 5.41) is 7.72. The maximum absolute atomic E-state index is 4.47. The average molecular weight is 274 g/mol. The highest BCUT2D eigenvalue weighted by molar-refractivity contribution is 5.45. The standard InChI is InChI=1S/C16H26N4/c1-13(2)8-6-4-5-7-10-17-16-18-15-12-14(3)9-11-20(15)19-16/h9,11-13H,4-8,10H2,1-3H3,(H,17,19). The lowest BCUT2D eigenvalue weighted by atomic mass is 10.0. The first-order valence-corrected chi connectivity index (χ1v) is 7.72. The van der Waals surface area contributed by atoms with Crippen molar-refractivity contribution in [3.63, 3.8) is 0 Å². The van der Waals surface area contributed by atoms with E-state index in [1.54, 1.807) is 0 Å². The zero-order valence-corrected chi connectivity index (χ0v) is 12.9. The molecule has 110 valence electrons. The number of hydrogen-bond donors (Lipinski definition) is 1. The minimum atomic E-state index is 0.734. The molecule has 2 aromatic heterocycles. The van der Waals surface area contributed by atoms with Crippen LogP contribution >= 0.6 is 0 Å². The van der Waals surface area contributed by atoms with E-state index in [-0.39, 0.29) is 0 Å². The fourth-order valence-electron chi connectivity index (χ4n) is 2.29. The molecule has 0 aliphatic carbocycles. The smallest absolute Gasteiger partial charge is 0.243 e. The van der Waals surface area contributed by atoms with E-state index in [0.717, 1.165) is 24.1 Å². The largest absolute Gasteiger partial charge is 0.353 e. The summed E-state index contributed by atoms with van der Waals surface area (Å²) in [5.41, 5.74) is 2.12. The van der Waals surface area contributed by atoms with Crippen molar-refractivity contribution in [2.24, 2.45) is 5.92 Å². The minimum Gasteiger partial charge on any atom is -0.353 e. The number of anilines is 1. The van der Waals surface area contributed by atoms with Crippen LogP contribution in [0.25, 0.3) is 5.65 Å². The Hall–Kier alpha value is -1.58. The Morgan fingerprint density at radius 2 is 2.00 bits per heavy atom. The molecule has 2 rings (SSSR count). The Kier molecular flexibility index (Phi) is 5.39. The summed E-state index contributed by atoms with van der Waals surface area (Å²) in [6, 6.07) is 4.09. The fraction of sp³-hybridized carbons (Fsp3) is 0.625. The van der Waals surface area contributed by atoms with Gasteiger partial charge in [0.1, 0.15) is 0 Å². The van der Waals surface area contributed by atoms with Gasteiger partial charge in [-0.3, -0.25) is 0 Å². The van der Waals surface area contributed by atoms with Gasteiger partial charge in [-0.05, 0) is 37.0 Å². The van der Waals surface area contributed by atoms with Crippen LogP contribution in [0.15, 0.2) is 18.3 Å². The summed E-state index contributed by atoms with van der Waals surface area (Å²) < 4.78 is 1.82. The molecule has 0 fully saturated rings. The van der Waals surface area contributed by atoms with Crippen molar-refractivity contribution in [2.45, 2.75) is 52.9 Å². The molecule has 0 spiro atoms. The van der Waals surface area contributed by atoms with Crippen LogP contribution in [0.3, 0.4) is 0 Å².